The number of morpholine rings is 1. The van der Waals surface area contributed by atoms with Crippen LogP contribution in [0.5, 0.6) is 0 Å². The average molecular weight is 332 g/mol. The van der Waals surface area contributed by atoms with E-state index in [1.807, 2.05) is 0 Å². The number of nitrogens with zero attached hydrogens (tertiary/aromatic N) is 1. The molecule has 0 unspecified atom stereocenters. The number of halogens is 1. The molecule has 1 aromatic carbocycles. The van der Waals surface area contributed by atoms with E-state index in [2.05, 4.69) is 0 Å². The first-order valence-electron chi connectivity index (χ1n) is 6.47. The van der Waals surface area contributed by atoms with Crippen LogP contribution in [0.1, 0.15) is 19.4 Å². The highest BCUT2D eigenvalue weighted by molar-refractivity contribution is 7.89. The molecule has 2 N–H and O–H groups in total. The number of thiocarbonyl (C=S) groups is 1. The molecule has 0 bridgehead atoms. The molecule has 1 heterocycles. The molecule has 1 fully saturated rings. The second-order valence-corrected chi connectivity index (χ2v) is 7.40. The molecule has 2 atom stereocenters. The highest BCUT2D eigenvalue weighted by atomic mass is 32.2. The van der Waals surface area contributed by atoms with Gasteiger partial charge < -0.3 is 10.5 Å². The number of rotatable bonds is 3. The normalized spacial score (nSPS) is 24.0. The fourth-order valence-corrected chi connectivity index (χ4v) is 4.50. The van der Waals surface area contributed by atoms with Gasteiger partial charge in [-0.25, -0.2) is 12.8 Å². The molecule has 0 aromatic heterocycles. The van der Waals surface area contributed by atoms with E-state index < -0.39 is 15.8 Å². The number of hydrogen-bond donors (Lipinski definition) is 1. The Balaban J connectivity index is 2.50. The predicted octanol–water partition coefficient (Wildman–Crippen LogP) is 1.26. The number of benzene rings is 1. The van der Waals surface area contributed by atoms with Gasteiger partial charge >= 0.3 is 0 Å². The van der Waals surface area contributed by atoms with Crippen LogP contribution in [-0.2, 0) is 14.8 Å². The highest BCUT2D eigenvalue weighted by Crippen LogP contribution is 2.25. The van der Waals surface area contributed by atoms with Gasteiger partial charge in [-0.3, -0.25) is 0 Å². The van der Waals surface area contributed by atoms with Gasteiger partial charge in [0.05, 0.1) is 22.7 Å². The molecular weight excluding hydrogens is 315 g/mol. The first kappa shape index (κ1) is 16.3. The zero-order valence-corrected chi connectivity index (χ0v) is 13.4. The third kappa shape index (κ3) is 3.23. The lowest BCUT2D eigenvalue weighted by molar-refractivity contribution is -0.0440. The molecule has 5 nitrogen and oxygen atoms in total. The van der Waals surface area contributed by atoms with Crippen molar-refractivity contribution in [1.82, 2.24) is 4.31 Å². The molecule has 0 spiro atoms. The van der Waals surface area contributed by atoms with E-state index in [-0.39, 0.29) is 40.7 Å². The van der Waals surface area contributed by atoms with Crippen molar-refractivity contribution in [2.45, 2.75) is 31.0 Å². The lowest BCUT2D eigenvalue weighted by Crippen LogP contribution is -2.48. The molecule has 116 valence electrons. The van der Waals surface area contributed by atoms with Crippen molar-refractivity contribution in [2.75, 3.05) is 13.1 Å². The first-order valence-corrected chi connectivity index (χ1v) is 8.32. The van der Waals surface area contributed by atoms with Gasteiger partial charge in [0.2, 0.25) is 10.0 Å². The monoisotopic (exact) mass is 332 g/mol. The van der Waals surface area contributed by atoms with Gasteiger partial charge in [0.1, 0.15) is 10.8 Å². The lowest BCUT2D eigenvalue weighted by Gasteiger charge is -2.34. The summed E-state index contributed by atoms with van der Waals surface area (Å²) >= 11 is 4.78. The SMILES string of the molecule is C[C@@H]1CN(S(=O)(=O)c2cccc(F)c2C(N)=S)C[C@H](C)O1. The summed E-state index contributed by atoms with van der Waals surface area (Å²) in [6.07, 6.45) is -0.462. The number of nitrogens with two attached hydrogens (primary N) is 1. The molecule has 1 saturated heterocycles. The van der Waals surface area contributed by atoms with Crippen molar-refractivity contribution < 1.29 is 17.5 Å². The summed E-state index contributed by atoms with van der Waals surface area (Å²) in [5.74, 6) is -0.738. The Hall–Kier alpha value is -1.09. The Morgan fingerprint density at radius 1 is 1.38 bits per heavy atom. The number of ether oxygens (including phenoxy) is 1. The van der Waals surface area contributed by atoms with Crippen molar-refractivity contribution in [3.05, 3.63) is 29.6 Å². The zero-order chi connectivity index (χ0) is 15.8. The standard InChI is InChI=1S/C13H17FN2O3S2/c1-8-6-16(7-9(2)19-8)21(17,18)11-5-3-4-10(14)12(11)13(15)20/h3-5,8-9H,6-7H2,1-2H3,(H2,15,20)/t8-,9+. The fraction of sp³-hybridized carbons (Fsp3) is 0.462. The van der Waals surface area contributed by atoms with Gasteiger partial charge in [0.25, 0.3) is 0 Å². The summed E-state index contributed by atoms with van der Waals surface area (Å²) in [6.45, 7) is 4.00. The second-order valence-electron chi connectivity index (χ2n) is 5.06. The number of hydrogen-bond acceptors (Lipinski definition) is 4. The van der Waals surface area contributed by atoms with Crippen molar-refractivity contribution >= 4 is 27.2 Å². The smallest absolute Gasteiger partial charge is 0.244 e. The first-order chi connectivity index (χ1) is 9.73. The second kappa shape index (κ2) is 5.96. The third-order valence-corrected chi connectivity index (χ3v) is 5.30. The van der Waals surface area contributed by atoms with Crippen LogP contribution in [-0.4, -0.2) is 43.0 Å². The van der Waals surface area contributed by atoms with Crippen LogP contribution < -0.4 is 5.73 Å². The van der Waals surface area contributed by atoms with E-state index in [1.165, 1.54) is 16.4 Å². The molecule has 8 heteroatoms. The summed E-state index contributed by atoms with van der Waals surface area (Å²) in [7, 11) is -3.88. The molecule has 0 amide bonds. The topological polar surface area (TPSA) is 72.6 Å². The minimum Gasteiger partial charge on any atom is -0.389 e. The Bertz CT molecular complexity index is 653. The van der Waals surface area contributed by atoms with Crippen molar-refractivity contribution in [3.63, 3.8) is 0 Å². The quantitative estimate of drug-likeness (QED) is 0.844. The molecule has 0 aliphatic carbocycles. The van der Waals surface area contributed by atoms with E-state index >= 15 is 0 Å². The fourth-order valence-electron chi connectivity index (χ4n) is 2.42. The molecule has 1 aromatic rings. The van der Waals surface area contributed by atoms with E-state index in [9.17, 15) is 12.8 Å². The van der Waals surface area contributed by atoms with Gasteiger partial charge in [-0.15, -0.1) is 0 Å². The number of sulfonamides is 1. The van der Waals surface area contributed by atoms with E-state index in [0.717, 1.165) is 6.07 Å². The van der Waals surface area contributed by atoms with Crippen LogP contribution in [0.3, 0.4) is 0 Å². The van der Waals surface area contributed by atoms with Gasteiger partial charge in [-0.05, 0) is 26.0 Å². The van der Waals surface area contributed by atoms with E-state index in [1.54, 1.807) is 13.8 Å². The average Bonchev–Trinajstić information content (AvgIpc) is 2.36. The van der Waals surface area contributed by atoms with Crippen LogP contribution in [0.15, 0.2) is 23.1 Å². The minimum atomic E-state index is -3.88. The predicted molar refractivity (Wildman–Crippen MR) is 81.1 cm³/mol. The van der Waals surface area contributed by atoms with Crippen LogP contribution >= 0.6 is 12.2 Å². The molecule has 0 radical (unpaired) electrons. The van der Waals surface area contributed by atoms with Crippen LogP contribution in [0, 0.1) is 5.82 Å². The van der Waals surface area contributed by atoms with E-state index in [4.69, 9.17) is 22.7 Å². The van der Waals surface area contributed by atoms with Crippen molar-refractivity contribution in [2.24, 2.45) is 5.73 Å². The minimum absolute atomic E-state index is 0.198. The largest absolute Gasteiger partial charge is 0.389 e. The molecule has 1 aliphatic heterocycles. The van der Waals surface area contributed by atoms with E-state index in [0.29, 0.717) is 0 Å². The zero-order valence-electron chi connectivity index (χ0n) is 11.7. The van der Waals surface area contributed by atoms with Crippen LogP contribution in [0.25, 0.3) is 0 Å². The van der Waals surface area contributed by atoms with Gasteiger partial charge in [0.15, 0.2) is 0 Å². The van der Waals surface area contributed by atoms with Crippen LogP contribution in [0.2, 0.25) is 0 Å². The summed E-state index contributed by atoms with van der Waals surface area (Å²) in [6, 6.07) is 3.78. The molecule has 21 heavy (non-hydrogen) atoms. The maximum absolute atomic E-state index is 13.9. The van der Waals surface area contributed by atoms with Crippen LogP contribution in [0.4, 0.5) is 4.39 Å². The molecule has 0 saturated carbocycles. The van der Waals surface area contributed by atoms with Gasteiger partial charge in [0, 0.05) is 13.1 Å². The highest BCUT2D eigenvalue weighted by Gasteiger charge is 2.34. The molecule has 1 aliphatic rings. The Morgan fingerprint density at radius 3 is 2.48 bits per heavy atom. The molecule has 2 rings (SSSR count). The molecular formula is C13H17FN2O3S2. The third-order valence-electron chi connectivity index (χ3n) is 3.23. The Morgan fingerprint density at radius 2 is 1.95 bits per heavy atom. The maximum Gasteiger partial charge on any atom is 0.244 e. The summed E-state index contributed by atoms with van der Waals surface area (Å²) in [4.78, 5) is -0.475. The summed E-state index contributed by atoms with van der Waals surface area (Å²) < 4.78 is 46.2. The van der Waals surface area contributed by atoms with Crippen molar-refractivity contribution in [1.29, 1.82) is 0 Å². The van der Waals surface area contributed by atoms with Gasteiger partial charge in [-0.2, -0.15) is 4.31 Å². The Kier molecular flexibility index (Phi) is 4.62. The van der Waals surface area contributed by atoms with Gasteiger partial charge in [-0.1, -0.05) is 18.3 Å². The van der Waals surface area contributed by atoms with Crippen molar-refractivity contribution in [3.8, 4) is 0 Å². The summed E-state index contributed by atoms with van der Waals surface area (Å²) in [5.41, 5.74) is 5.24. The lowest BCUT2D eigenvalue weighted by atomic mass is 10.2. The Labute approximate surface area is 128 Å². The maximum atomic E-state index is 13.9. The summed E-state index contributed by atoms with van der Waals surface area (Å²) in [5, 5.41) is 0.